The number of nitrogens with one attached hydrogen (secondary N) is 1. The standard InChI is InChI=1S/C18H20N2/c1-3-19-12-14(2)13-20-17-10-6-4-8-15(17)16-9-5-7-11-18(16)20/h4-11,19H,2-3,12-13H2,1H3. The van der Waals surface area contributed by atoms with Crippen molar-refractivity contribution in [3.05, 3.63) is 60.7 Å². The van der Waals surface area contributed by atoms with Gasteiger partial charge in [0, 0.05) is 34.9 Å². The molecule has 2 heteroatoms. The average Bonchev–Trinajstić information content (AvgIpc) is 2.80. The Hall–Kier alpha value is -2.06. The van der Waals surface area contributed by atoms with Gasteiger partial charge in [-0.25, -0.2) is 0 Å². The molecule has 2 aromatic carbocycles. The van der Waals surface area contributed by atoms with Crippen molar-refractivity contribution in [2.24, 2.45) is 0 Å². The second kappa shape index (κ2) is 5.51. The fourth-order valence-corrected chi connectivity index (χ4v) is 2.75. The predicted molar refractivity (Wildman–Crippen MR) is 87.1 cm³/mol. The third-order valence-electron chi connectivity index (χ3n) is 3.69. The van der Waals surface area contributed by atoms with Crippen molar-refractivity contribution < 1.29 is 0 Å². The number of rotatable bonds is 5. The van der Waals surface area contributed by atoms with E-state index in [4.69, 9.17) is 0 Å². The van der Waals surface area contributed by atoms with Crippen LogP contribution in [0.25, 0.3) is 21.8 Å². The van der Waals surface area contributed by atoms with Gasteiger partial charge in [-0.1, -0.05) is 49.9 Å². The highest BCUT2D eigenvalue weighted by atomic mass is 15.0. The molecule has 1 aromatic heterocycles. The molecule has 2 nitrogen and oxygen atoms in total. The Morgan fingerprint density at radius 2 is 1.55 bits per heavy atom. The minimum atomic E-state index is 0.862. The van der Waals surface area contributed by atoms with Crippen LogP contribution in [0.1, 0.15) is 6.92 Å². The third kappa shape index (κ3) is 2.23. The number of aromatic nitrogens is 1. The average molecular weight is 264 g/mol. The molecule has 1 heterocycles. The Morgan fingerprint density at radius 3 is 2.10 bits per heavy atom. The minimum Gasteiger partial charge on any atom is -0.336 e. The van der Waals surface area contributed by atoms with E-state index >= 15 is 0 Å². The molecule has 0 unspecified atom stereocenters. The van der Waals surface area contributed by atoms with Crippen LogP contribution in [0.3, 0.4) is 0 Å². The van der Waals surface area contributed by atoms with Crippen molar-refractivity contribution >= 4 is 21.8 Å². The molecular weight excluding hydrogens is 244 g/mol. The zero-order chi connectivity index (χ0) is 13.9. The largest absolute Gasteiger partial charge is 0.336 e. The van der Waals surface area contributed by atoms with E-state index in [2.05, 4.69) is 71.9 Å². The number of benzene rings is 2. The fourth-order valence-electron chi connectivity index (χ4n) is 2.75. The third-order valence-corrected chi connectivity index (χ3v) is 3.69. The van der Waals surface area contributed by atoms with Gasteiger partial charge in [-0.2, -0.15) is 0 Å². The molecule has 102 valence electrons. The van der Waals surface area contributed by atoms with Crippen molar-refractivity contribution in [1.29, 1.82) is 0 Å². The van der Waals surface area contributed by atoms with Crippen LogP contribution in [0.15, 0.2) is 60.7 Å². The van der Waals surface area contributed by atoms with Gasteiger partial charge in [0.05, 0.1) is 0 Å². The summed E-state index contributed by atoms with van der Waals surface area (Å²) < 4.78 is 2.37. The molecule has 0 aliphatic carbocycles. The van der Waals surface area contributed by atoms with Crippen molar-refractivity contribution in [3.63, 3.8) is 0 Å². The molecule has 1 N–H and O–H groups in total. The maximum absolute atomic E-state index is 4.20. The number of nitrogens with zero attached hydrogens (tertiary/aromatic N) is 1. The number of hydrogen-bond donors (Lipinski definition) is 1. The summed E-state index contributed by atoms with van der Waals surface area (Å²) in [7, 11) is 0. The molecule has 3 aromatic rings. The Bertz CT molecular complexity index is 699. The second-order valence-corrected chi connectivity index (χ2v) is 5.15. The molecule has 0 saturated heterocycles. The zero-order valence-corrected chi connectivity index (χ0v) is 11.9. The topological polar surface area (TPSA) is 17.0 Å². The monoisotopic (exact) mass is 264 g/mol. The van der Waals surface area contributed by atoms with Crippen LogP contribution >= 0.6 is 0 Å². The lowest BCUT2D eigenvalue weighted by Crippen LogP contribution is -2.18. The summed E-state index contributed by atoms with van der Waals surface area (Å²) in [5.74, 6) is 0. The number of fused-ring (bicyclic) bond motifs is 3. The van der Waals surface area contributed by atoms with Crippen LogP contribution in [0.5, 0.6) is 0 Å². The molecule has 0 spiro atoms. The smallest absolute Gasteiger partial charge is 0.0494 e. The van der Waals surface area contributed by atoms with Gasteiger partial charge in [-0.05, 0) is 24.3 Å². The summed E-state index contributed by atoms with van der Waals surface area (Å²) >= 11 is 0. The Balaban J connectivity index is 2.09. The van der Waals surface area contributed by atoms with E-state index in [1.165, 1.54) is 27.4 Å². The first-order valence-electron chi connectivity index (χ1n) is 7.14. The molecule has 0 amide bonds. The van der Waals surface area contributed by atoms with E-state index in [0.29, 0.717) is 0 Å². The van der Waals surface area contributed by atoms with Crippen LogP contribution in [0.4, 0.5) is 0 Å². The highest BCUT2D eigenvalue weighted by Crippen LogP contribution is 2.29. The molecule has 0 saturated carbocycles. The van der Waals surface area contributed by atoms with E-state index in [-0.39, 0.29) is 0 Å². The molecule has 0 aliphatic heterocycles. The van der Waals surface area contributed by atoms with Crippen LogP contribution in [0, 0.1) is 0 Å². The molecule has 20 heavy (non-hydrogen) atoms. The summed E-state index contributed by atoms with van der Waals surface area (Å²) in [6, 6.07) is 17.2. The predicted octanol–water partition coefficient (Wildman–Crippen LogP) is 3.96. The SMILES string of the molecule is C=C(CNCC)Cn1c2ccccc2c2ccccc21. The Labute approximate surface area is 119 Å². The van der Waals surface area contributed by atoms with Crippen LogP contribution in [0.2, 0.25) is 0 Å². The van der Waals surface area contributed by atoms with Gasteiger partial charge in [-0.15, -0.1) is 0 Å². The first kappa shape index (κ1) is 12.9. The quantitative estimate of drug-likeness (QED) is 0.690. The molecule has 0 fully saturated rings. The van der Waals surface area contributed by atoms with Gasteiger partial charge in [0.2, 0.25) is 0 Å². The maximum atomic E-state index is 4.20. The van der Waals surface area contributed by atoms with Gasteiger partial charge in [0.25, 0.3) is 0 Å². The Morgan fingerprint density at radius 1 is 1.00 bits per heavy atom. The normalized spacial score (nSPS) is 11.2. The molecule has 0 atom stereocenters. The summed E-state index contributed by atoms with van der Waals surface area (Å²) in [5.41, 5.74) is 3.77. The van der Waals surface area contributed by atoms with E-state index in [9.17, 15) is 0 Å². The van der Waals surface area contributed by atoms with E-state index < -0.39 is 0 Å². The van der Waals surface area contributed by atoms with Gasteiger partial charge in [0.1, 0.15) is 0 Å². The molecular formula is C18H20N2. The second-order valence-electron chi connectivity index (χ2n) is 5.15. The molecule has 0 aliphatic rings. The summed E-state index contributed by atoms with van der Waals surface area (Å²) in [6.45, 7) is 9.03. The van der Waals surface area contributed by atoms with Gasteiger partial charge in [0.15, 0.2) is 0 Å². The van der Waals surface area contributed by atoms with Crippen molar-refractivity contribution in [3.8, 4) is 0 Å². The number of hydrogen-bond acceptors (Lipinski definition) is 1. The van der Waals surface area contributed by atoms with Gasteiger partial charge >= 0.3 is 0 Å². The molecule has 3 rings (SSSR count). The summed E-state index contributed by atoms with van der Waals surface area (Å²) in [4.78, 5) is 0. The zero-order valence-electron chi connectivity index (χ0n) is 11.9. The Kier molecular flexibility index (Phi) is 3.57. The van der Waals surface area contributed by atoms with Gasteiger partial charge in [-0.3, -0.25) is 0 Å². The van der Waals surface area contributed by atoms with E-state index in [1.54, 1.807) is 0 Å². The van der Waals surface area contributed by atoms with Crippen molar-refractivity contribution in [1.82, 2.24) is 9.88 Å². The minimum absolute atomic E-state index is 0.862. The highest BCUT2D eigenvalue weighted by molar-refractivity contribution is 6.07. The molecule has 0 bridgehead atoms. The molecule has 0 radical (unpaired) electrons. The van der Waals surface area contributed by atoms with E-state index in [0.717, 1.165) is 19.6 Å². The number of para-hydroxylation sites is 2. The lowest BCUT2D eigenvalue weighted by Gasteiger charge is -2.10. The fraction of sp³-hybridized carbons (Fsp3) is 0.222. The van der Waals surface area contributed by atoms with Crippen LogP contribution in [-0.2, 0) is 6.54 Å². The van der Waals surface area contributed by atoms with Gasteiger partial charge < -0.3 is 9.88 Å². The van der Waals surface area contributed by atoms with Crippen LogP contribution in [-0.4, -0.2) is 17.7 Å². The van der Waals surface area contributed by atoms with Crippen LogP contribution < -0.4 is 5.32 Å². The highest BCUT2D eigenvalue weighted by Gasteiger charge is 2.09. The maximum Gasteiger partial charge on any atom is 0.0494 e. The summed E-state index contributed by atoms with van der Waals surface area (Å²) in [6.07, 6.45) is 0. The van der Waals surface area contributed by atoms with Crippen molar-refractivity contribution in [2.75, 3.05) is 13.1 Å². The summed E-state index contributed by atoms with van der Waals surface area (Å²) in [5, 5.41) is 5.98. The number of likely N-dealkylation sites (N-methyl/N-ethyl adjacent to an activating group) is 1. The van der Waals surface area contributed by atoms with Crippen molar-refractivity contribution in [2.45, 2.75) is 13.5 Å². The lowest BCUT2D eigenvalue weighted by atomic mass is 10.2. The first-order chi connectivity index (χ1) is 9.81. The van der Waals surface area contributed by atoms with E-state index in [1.807, 2.05) is 0 Å². The lowest BCUT2D eigenvalue weighted by molar-refractivity contribution is 0.726. The first-order valence-corrected chi connectivity index (χ1v) is 7.14.